The van der Waals surface area contributed by atoms with Crippen LogP contribution >= 0.6 is 0 Å². The van der Waals surface area contributed by atoms with Crippen LogP contribution in [-0.2, 0) is 42.2 Å². The second kappa shape index (κ2) is 9.59. The first-order valence-corrected chi connectivity index (χ1v) is 10.2. The van der Waals surface area contributed by atoms with Gasteiger partial charge in [-0.05, 0) is 48.2 Å². The first kappa shape index (κ1) is 23.2. The second-order valence-corrected chi connectivity index (χ2v) is 7.70. The molecule has 2 N–H and O–H groups in total. The van der Waals surface area contributed by atoms with Gasteiger partial charge in [0, 0.05) is 0 Å². The van der Waals surface area contributed by atoms with Gasteiger partial charge in [0.15, 0.2) is 5.41 Å². The molecule has 0 fully saturated rings. The van der Waals surface area contributed by atoms with Crippen molar-refractivity contribution in [2.45, 2.75) is 12.8 Å². The van der Waals surface area contributed by atoms with Crippen molar-refractivity contribution in [2.24, 2.45) is 5.41 Å². The van der Waals surface area contributed by atoms with E-state index in [0.29, 0.717) is 16.9 Å². The molecule has 0 radical (unpaired) electrons. The van der Waals surface area contributed by atoms with Gasteiger partial charge in [-0.3, -0.25) is 18.9 Å². The molecule has 0 atom stereocenters. The molecule has 0 amide bonds. The van der Waals surface area contributed by atoms with E-state index < -0.39 is 27.7 Å². The molecule has 2 aromatic carbocycles. The molecule has 0 unspecified atom stereocenters. The number of anilines is 1. The van der Waals surface area contributed by atoms with E-state index in [4.69, 9.17) is 18.8 Å². The summed E-state index contributed by atoms with van der Waals surface area (Å²) in [7, 11) is -0.509. The Morgan fingerprint density at radius 3 is 1.67 bits per heavy atom. The van der Waals surface area contributed by atoms with Crippen LogP contribution in [0.2, 0.25) is 0 Å². The van der Waals surface area contributed by atoms with Crippen LogP contribution in [-0.4, -0.2) is 46.2 Å². The number of carbonyl (C=O) groups excluding carboxylic acids is 2. The highest BCUT2D eigenvalue weighted by molar-refractivity contribution is 7.87. The SMILES string of the molecule is COC(=O)C(Cc1ccc(NS(=O)(=O)O)cc1)(Cc1ccc(OC)cc1)C(=O)OC. The van der Waals surface area contributed by atoms with Gasteiger partial charge in [-0.1, -0.05) is 24.3 Å². The average molecular weight is 437 g/mol. The summed E-state index contributed by atoms with van der Waals surface area (Å²) in [4.78, 5) is 25.5. The Hall–Kier alpha value is -3.11. The molecule has 0 aliphatic rings. The normalized spacial score (nSPS) is 11.5. The zero-order valence-corrected chi connectivity index (χ0v) is 17.6. The minimum absolute atomic E-state index is 0.0152. The topological polar surface area (TPSA) is 128 Å². The van der Waals surface area contributed by atoms with E-state index in [1.165, 1.54) is 45.6 Å². The number of hydrogen-bond acceptors (Lipinski definition) is 7. The lowest BCUT2D eigenvalue weighted by atomic mass is 9.76. The van der Waals surface area contributed by atoms with Crippen LogP contribution in [0.25, 0.3) is 0 Å². The van der Waals surface area contributed by atoms with E-state index in [9.17, 15) is 18.0 Å². The van der Waals surface area contributed by atoms with Crippen LogP contribution in [0.1, 0.15) is 11.1 Å². The third-order valence-corrected chi connectivity index (χ3v) is 5.02. The monoisotopic (exact) mass is 437 g/mol. The molecule has 0 saturated carbocycles. The van der Waals surface area contributed by atoms with Gasteiger partial charge in [0.2, 0.25) is 0 Å². The van der Waals surface area contributed by atoms with Crippen molar-refractivity contribution in [1.29, 1.82) is 0 Å². The highest BCUT2D eigenvalue weighted by atomic mass is 32.2. The third kappa shape index (κ3) is 5.71. The lowest BCUT2D eigenvalue weighted by Crippen LogP contribution is -2.45. The maximum Gasteiger partial charge on any atom is 0.357 e. The molecule has 2 aromatic rings. The Kier molecular flexibility index (Phi) is 7.41. The summed E-state index contributed by atoms with van der Waals surface area (Å²) in [5.74, 6) is -0.891. The van der Waals surface area contributed by atoms with E-state index in [-0.39, 0.29) is 18.5 Å². The summed E-state index contributed by atoms with van der Waals surface area (Å²) in [5, 5.41) is 0. The molecular formula is C20H23NO8S. The summed E-state index contributed by atoms with van der Waals surface area (Å²) in [6.07, 6.45) is -0.0358. The van der Waals surface area contributed by atoms with Gasteiger partial charge >= 0.3 is 22.2 Å². The Bertz CT molecular complexity index is 968. The van der Waals surface area contributed by atoms with Gasteiger partial charge in [0.1, 0.15) is 5.75 Å². The Labute approximate surface area is 174 Å². The van der Waals surface area contributed by atoms with Crippen molar-refractivity contribution < 1.29 is 36.8 Å². The maximum absolute atomic E-state index is 12.7. The predicted octanol–water partition coefficient (Wildman–Crippen LogP) is 2.03. The second-order valence-electron chi connectivity index (χ2n) is 6.54. The summed E-state index contributed by atoms with van der Waals surface area (Å²) < 4.78 is 47.6. The van der Waals surface area contributed by atoms with Gasteiger partial charge in [-0.25, -0.2) is 0 Å². The van der Waals surface area contributed by atoms with Crippen molar-refractivity contribution in [1.82, 2.24) is 0 Å². The quantitative estimate of drug-likeness (QED) is 0.346. The highest BCUT2D eigenvalue weighted by Gasteiger charge is 2.48. The smallest absolute Gasteiger partial charge is 0.357 e. The molecule has 0 aliphatic carbocycles. The van der Waals surface area contributed by atoms with Crippen LogP contribution in [0.5, 0.6) is 5.75 Å². The van der Waals surface area contributed by atoms with Crippen LogP contribution < -0.4 is 9.46 Å². The van der Waals surface area contributed by atoms with Crippen molar-refractivity contribution >= 4 is 27.9 Å². The first-order valence-electron chi connectivity index (χ1n) is 8.77. The number of carbonyl (C=O) groups is 2. The fourth-order valence-corrected chi connectivity index (χ4v) is 3.54. The summed E-state index contributed by atoms with van der Waals surface area (Å²) in [5.41, 5.74) is -0.287. The molecule has 10 heteroatoms. The fraction of sp³-hybridized carbons (Fsp3) is 0.300. The molecule has 162 valence electrons. The molecule has 30 heavy (non-hydrogen) atoms. The molecule has 0 aromatic heterocycles. The van der Waals surface area contributed by atoms with Gasteiger partial charge < -0.3 is 14.2 Å². The van der Waals surface area contributed by atoms with E-state index in [2.05, 4.69) is 0 Å². The number of esters is 2. The van der Waals surface area contributed by atoms with Crippen LogP contribution in [0.15, 0.2) is 48.5 Å². The number of rotatable bonds is 9. The molecule has 0 bridgehead atoms. The number of benzene rings is 2. The van der Waals surface area contributed by atoms with Crippen molar-refractivity contribution in [3.05, 3.63) is 59.7 Å². The van der Waals surface area contributed by atoms with Crippen LogP contribution in [0.4, 0.5) is 5.69 Å². The Balaban J connectivity index is 2.41. The minimum atomic E-state index is -4.41. The van der Waals surface area contributed by atoms with Gasteiger partial charge in [0.25, 0.3) is 0 Å². The average Bonchev–Trinajstić information content (AvgIpc) is 2.72. The van der Waals surface area contributed by atoms with E-state index >= 15 is 0 Å². The molecule has 9 nitrogen and oxygen atoms in total. The fourth-order valence-electron chi connectivity index (χ4n) is 3.11. The van der Waals surface area contributed by atoms with Gasteiger partial charge in [-0.2, -0.15) is 8.42 Å². The first-order chi connectivity index (χ1) is 14.1. The third-order valence-electron chi connectivity index (χ3n) is 4.52. The Morgan fingerprint density at radius 1 is 0.867 bits per heavy atom. The summed E-state index contributed by atoms with van der Waals surface area (Å²) in [6.45, 7) is 0. The largest absolute Gasteiger partial charge is 0.497 e. The van der Waals surface area contributed by atoms with Crippen LogP contribution in [0.3, 0.4) is 0 Å². The van der Waals surface area contributed by atoms with E-state index in [0.717, 1.165) is 0 Å². The van der Waals surface area contributed by atoms with Crippen molar-refractivity contribution in [2.75, 3.05) is 26.1 Å². The molecule has 2 rings (SSSR count). The van der Waals surface area contributed by atoms with Crippen LogP contribution in [0, 0.1) is 5.41 Å². The molecular weight excluding hydrogens is 414 g/mol. The predicted molar refractivity (Wildman–Crippen MR) is 108 cm³/mol. The molecule has 0 saturated heterocycles. The number of methoxy groups -OCH3 is 3. The lowest BCUT2D eigenvalue weighted by Gasteiger charge is -2.28. The van der Waals surface area contributed by atoms with Gasteiger partial charge in [-0.15, -0.1) is 0 Å². The lowest BCUT2D eigenvalue weighted by molar-refractivity contribution is -0.169. The standard InChI is InChI=1S/C20H23NO8S/c1-27-17-10-6-15(7-11-17)13-20(18(22)28-2,19(23)29-3)12-14-4-8-16(9-5-14)21-30(24,25)26/h4-11,21H,12-13H2,1-3H3,(H,24,25,26). The number of nitrogens with one attached hydrogen (secondary N) is 1. The highest BCUT2D eigenvalue weighted by Crippen LogP contribution is 2.32. The zero-order valence-electron chi connectivity index (χ0n) is 16.7. The maximum atomic E-state index is 12.7. The molecule has 0 heterocycles. The van der Waals surface area contributed by atoms with Crippen molar-refractivity contribution in [3.63, 3.8) is 0 Å². The minimum Gasteiger partial charge on any atom is -0.497 e. The Morgan fingerprint density at radius 2 is 1.30 bits per heavy atom. The summed E-state index contributed by atoms with van der Waals surface area (Å²) >= 11 is 0. The number of hydrogen-bond donors (Lipinski definition) is 2. The number of ether oxygens (including phenoxy) is 3. The van der Waals surface area contributed by atoms with Crippen molar-refractivity contribution in [3.8, 4) is 5.75 Å². The van der Waals surface area contributed by atoms with E-state index in [1.807, 2.05) is 4.72 Å². The summed E-state index contributed by atoms with van der Waals surface area (Å²) in [6, 6.07) is 12.8. The molecule has 0 spiro atoms. The molecule has 0 aliphatic heterocycles. The zero-order chi connectivity index (χ0) is 22.4. The van der Waals surface area contributed by atoms with E-state index in [1.54, 1.807) is 24.3 Å². The van der Waals surface area contributed by atoms with Gasteiger partial charge in [0.05, 0.1) is 27.0 Å².